The first kappa shape index (κ1) is 22.1. The fourth-order valence-electron chi connectivity index (χ4n) is 2.55. The van der Waals surface area contributed by atoms with Crippen LogP contribution < -0.4 is 25.6 Å². The smallest absolute Gasteiger partial charge is 0.269 e. The van der Waals surface area contributed by atoms with Gasteiger partial charge in [0.2, 0.25) is 0 Å². The van der Waals surface area contributed by atoms with Crippen LogP contribution in [-0.4, -0.2) is 26.5 Å². The Labute approximate surface area is 185 Å². The molecule has 0 aliphatic rings. The number of rotatable bonds is 6. The molecule has 0 atom stereocenters. The summed E-state index contributed by atoms with van der Waals surface area (Å²) in [6.07, 6.45) is 0. The Bertz CT molecular complexity index is 1170. The van der Waals surface area contributed by atoms with Crippen molar-refractivity contribution in [2.45, 2.75) is 4.90 Å². The van der Waals surface area contributed by atoms with Crippen molar-refractivity contribution < 1.29 is 17.9 Å². The van der Waals surface area contributed by atoms with Gasteiger partial charge in [-0.25, -0.2) is 8.42 Å². The number of carbonyl (C=O) groups excluding carboxylic acids is 1. The molecule has 10 heteroatoms. The van der Waals surface area contributed by atoms with Gasteiger partial charge in [-0.1, -0.05) is 24.3 Å². The molecular weight excluding hydrogens is 436 g/mol. The Balaban J connectivity index is 1.64. The number of thiocarbonyl (C=S) groups is 1. The highest BCUT2D eigenvalue weighted by atomic mass is 32.2. The first-order chi connectivity index (χ1) is 14.9. The average Bonchev–Trinajstić information content (AvgIpc) is 2.78. The van der Waals surface area contributed by atoms with E-state index in [1.54, 1.807) is 24.3 Å². The molecule has 0 spiro atoms. The van der Waals surface area contributed by atoms with E-state index < -0.39 is 15.9 Å². The Kier molecular flexibility index (Phi) is 7.06. The molecule has 3 rings (SSSR count). The molecule has 3 aromatic rings. The molecule has 0 fully saturated rings. The zero-order valence-corrected chi connectivity index (χ0v) is 18.1. The molecule has 1 amide bonds. The van der Waals surface area contributed by atoms with Gasteiger partial charge in [-0.2, -0.15) is 0 Å². The SMILES string of the molecule is COc1ccc(NS(=O)(=O)c2cccc(C(=O)NNC(=S)Nc3ccccc3)c2)cc1. The van der Waals surface area contributed by atoms with Crippen LogP contribution in [0.5, 0.6) is 5.75 Å². The van der Waals surface area contributed by atoms with Crippen LogP contribution in [0, 0.1) is 0 Å². The van der Waals surface area contributed by atoms with E-state index in [4.69, 9.17) is 17.0 Å². The number of nitrogens with one attached hydrogen (secondary N) is 4. The van der Waals surface area contributed by atoms with E-state index in [1.807, 2.05) is 30.3 Å². The van der Waals surface area contributed by atoms with E-state index in [-0.39, 0.29) is 15.6 Å². The van der Waals surface area contributed by atoms with E-state index >= 15 is 0 Å². The summed E-state index contributed by atoms with van der Waals surface area (Å²) in [6, 6.07) is 21.3. The Morgan fingerprint density at radius 2 is 1.58 bits per heavy atom. The van der Waals surface area contributed by atoms with Crippen molar-refractivity contribution in [2.24, 2.45) is 0 Å². The predicted octanol–water partition coefficient (Wildman–Crippen LogP) is 3.13. The third-order valence-electron chi connectivity index (χ3n) is 4.07. The third-order valence-corrected chi connectivity index (χ3v) is 5.65. The quantitative estimate of drug-likeness (QED) is 0.333. The summed E-state index contributed by atoms with van der Waals surface area (Å²) in [5, 5.41) is 3.10. The monoisotopic (exact) mass is 456 g/mol. The summed E-state index contributed by atoms with van der Waals surface area (Å²) in [7, 11) is -2.37. The summed E-state index contributed by atoms with van der Waals surface area (Å²) in [5.74, 6) is 0.0625. The van der Waals surface area contributed by atoms with Gasteiger partial charge in [-0.3, -0.25) is 20.4 Å². The molecule has 31 heavy (non-hydrogen) atoms. The number of carbonyl (C=O) groups is 1. The number of anilines is 2. The maximum absolute atomic E-state index is 12.7. The van der Waals surface area contributed by atoms with Crippen LogP contribution in [0.2, 0.25) is 0 Å². The molecule has 4 N–H and O–H groups in total. The van der Waals surface area contributed by atoms with Crippen LogP contribution in [0.3, 0.4) is 0 Å². The number of hydrogen-bond acceptors (Lipinski definition) is 5. The number of hydrogen-bond donors (Lipinski definition) is 4. The summed E-state index contributed by atoms with van der Waals surface area (Å²) in [5.41, 5.74) is 6.29. The summed E-state index contributed by atoms with van der Waals surface area (Å²) < 4.78 is 32.9. The minimum absolute atomic E-state index is 0.0547. The van der Waals surface area contributed by atoms with Gasteiger partial charge in [0.25, 0.3) is 15.9 Å². The first-order valence-corrected chi connectivity index (χ1v) is 11.0. The Morgan fingerprint density at radius 1 is 0.871 bits per heavy atom. The minimum atomic E-state index is -3.89. The zero-order chi connectivity index (χ0) is 22.3. The lowest BCUT2D eigenvalue weighted by atomic mass is 10.2. The maximum atomic E-state index is 12.7. The number of hydrazine groups is 1. The van der Waals surface area contributed by atoms with Crippen LogP contribution in [0.15, 0.2) is 83.8 Å². The molecule has 0 heterocycles. The summed E-state index contributed by atoms with van der Waals surface area (Å²) in [4.78, 5) is 12.4. The second-order valence-electron chi connectivity index (χ2n) is 6.26. The molecular formula is C21H20N4O4S2. The van der Waals surface area contributed by atoms with Crippen molar-refractivity contribution in [2.75, 3.05) is 17.1 Å². The number of benzene rings is 3. The van der Waals surface area contributed by atoms with Gasteiger partial charge in [0, 0.05) is 16.9 Å². The van der Waals surface area contributed by atoms with Gasteiger partial charge < -0.3 is 10.1 Å². The van der Waals surface area contributed by atoms with Crippen molar-refractivity contribution in [3.05, 3.63) is 84.4 Å². The normalized spacial score (nSPS) is 10.6. The van der Waals surface area contributed by atoms with E-state index in [0.717, 1.165) is 5.69 Å². The molecule has 8 nitrogen and oxygen atoms in total. The second-order valence-corrected chi connectivity index (χ2v) is 8.35. The molecule has 0 aromatic heterocycles. The highest BCUT2D eigenvalue weighted by Crippen LogP contribution is 2.20. The molecule has 160 valence electrons. The van der Waals surface area contributed by atoms with Gasteiger partial charge in [-0.05, 0) is 66.8 Å². The molecule has 0 aliphatic heterocycles. The standard InChI is InChI=1S/C21H20N4O4S2/c1-29-18-12-10-17(11-13-18)25-31(27,28)19-9-5-6-15(14-19)20(26)23-24-21(30)22-16-7-3-2-4-8-16/h2-14,25H,1H3,(H,23,26)(H2,22,24,30). The fourth-order valence-corrected chi connectivity index (χ4v) is 3.82. The lowest BCUT2D eigenvalue weighted by molar-refractivity contribution is 0.0944. The molecule has 0 radical (unpaired) electrons. The van der Waals surface area contributed by atoms with Crippen molar-refractivity contribution in [1.29, 1.82) is 0 Å². The van der Waals surface area contributed by atoms with Gasteiger partial charge in [0.05, 0.1) is 12.0 Å². The first-order valence-electron chi connectivity index (χ1n) is 9.07. The van der Waals surface area contributed by atoms with E-state index in [1.165, 1.54) is 31.4 Å². The highest BCUT2D eigenvalue weighted by Gasteiger charge is 2.17. The van der Waals surface area contributed by atoms with Crippen molar-refractivity contribution in [3.63, 3.8) is 0 Å². The van der Waals surface area contributed by atoms with E-state index in [0.29, 0.717) is 11.4 Å². The lowest BCUT2D eigenvalue weighted by Crippen LogP contribution is -2.43. The fraction of sp³-hybridized carbons (Fsp3) is 0.0476. The number of ether oxygens (including phenoxy) is 1. The Hall–Kier alpha value is -3.63. The molecule has 0 unspecified atom stereocenters. The maximum Gasteiger partial charge on any atom is 0.269 e. The van der Waals surface area contributed by atoms with Crippen LogP contribution in [-0.2, 0) is 10.0 Å². The van der Waals surface area contributed by atoms with Crippen LogP contribution in [0.1, 0.15) is 10.4 Å². The summed E-state index contributed by atoms with van der Waals surface area (Å²) >= 11 is 5.13. The number of sulfonamides is 1. The Morgan fingerprint density at radius 3 is 2.26 bits per heavy atom. The molecule has 3 aromatic carbocycles. The predicted molar refractivity (Wildman–Crippen MR) is 124 cm³/mol. The number of para-hydroxylation sites is 1. The van der Waals surface area contributed by atoms with Gasteiger partial charge >= 0.3 is 0 Å². The van der Waals surface area contributed by atoms with Crippen LogP contribution in [0.25, 0.3) is 0 Å². The van der Waals surface area contributed by atoms with Gasteiger partial charge in [0.15, 0.2) is 5.11 Å². The largest absolute Gasteiger partial charge is 0.497 e. The molecule has 0 bridgehead atoms. The topological polar surface area (TPSA) is 109 Å². The summed E-state index contributed by atoms with van der Waals surface area (Å²) in [6.45, 7) is 0. The van der Waals surface area contributed by atoms with Crippen LogP contribution in [0.4, 0.5) is 11.4 Å². The highest BCUT2D eigenvalue weighted by molar-refractivity contribution is 7.92. The number of methoxy groups -OCH3 is 1. The average molecular weight is 457 g/mol. The van der Waals surface area contributed by atoms with Gasteiger partial charge in [-0.15, -0.1) is 0 Å². The van der Waals surface area contributed by atoms with Crippen molar-refractivity contribution >= 4 is 44.6 Å². The molecule has 0 saturated carbocycles. The van der Waals surface area contributed by atoms with Gasteiger partial charge in [0.1, 0.15) is 5.75 Å². The number of amides is 1. The zero-order valence-electron chi connectivity index (χ0n) is 16.5. The molecule has 0 saturated heterocycles. The third kappa shape index (κ3) is 6.17. The van der Waals surface area contributed by atoms with E-state index in [2.05, 4.69) is 20.9 Å². The molecule has 0 aliphatic carbocycles. The van der Waals surface area contributed by atoms with E-state index in [9.17, 15) is 13.2 Å². The van der Waals surface area contributed by atoms with Crippen LogP contribution >= 0.6 is 12.2 Å². The lowest BCUT2D eigenvalue weighted by Gasteiger charge is -2.12. The second kappa shape index (κ2) is 9.92. The van der Waals surface area contributed by atoms with Crippen molar-refractivity contribution in [3.8, 4) is 5.75 Å². The van der Waals surface area contributed by atoms with Crippen molar-refractivity contribution in [1.82, 2.24) is 10.9 Å². The minimum Gasteiger partial charge on any atom is -0.497 e.